The Labute approximate surface area is 92.7 Å². The summed E-state index contributed by atoms with van der Waals surface area (Å²) in [5.74, 6) is -4.60. The Morgan fingerprint density at radius 3 is 2.56 bits per heavy atom. The molecular weight excluding hydrogens is 212 g/mol. The molecule has 1 fully saturated rings. The van der Waals surface area contributed by atoms with Gasteiger partial charge in [0.15, 0.2) is 0 Å². The van der Waals surface area contributed by atoms with E-state index in [-0.39, 0.29) is 12.8 Å². The van der Waals surface area contributed by atoms with Crippen LogP contribution in [0.3, 0.4) is 0 Å². The number of para-hydroxylation sites is 1. The van der Waals surface area contributed by atoms with Crippen molar-refractivity contribution in [1.29, 1.82) is 0 Å². The first kappa shape index (κ1) is 11.0. The smallest absolute Gasteiger partial charge is 0.259 e. The predicted molar refractivity (Wildman–Crippen MR) is 57.4 cm³/mol. The van der Waals surface area contributed by atoms with E-state index in [4.69, 9.17) is 0 Å². The SMILES string of the molecule is O=C(Nc1ccccc1)C1CCCC1(F)F. The summed E-state index contributed by atoms with van der Waals surface area (Å²) in [5.41, 5.74) is 0.565. The second-order valence-corrected chi connectivity index (χ2v) is 4.06. The minimum Gasteiger partial charge on any atom is -0.326 e. The van der Waals surface area contributed by atoms with Crippen molar-refractivity contribution in [2.24, 2.45) is 5.92 Å². The van der Waals surface area contributed by atoms with Crippen LogP contribution < -0.4 is 5.32 Å². The Morgan fingerprint density at radius 1 is 1.31 bits per heavy atom. The Kier molecular flexibility index (Phi) is 2.90. The van der Waals surface area contributed by atoms with Crippen LogP contribution in [0.25, 0.3) is 0 Å². The van der Waals surface area contributed by atoms with Gasteiger partial charge in [0.05, 0.1) is 0 Å². The molecule has 2 rings (SSSR count). The standard InChI is InChI=1S/C12H13F2NO/c13-12(14)8-4-7-10(12)11(16)15-9-5-2-1-3-6-9/h1-3,5-6,10H,4,7-8H2,(H,15,16). The summed E-state index contributed by atoms with van der Waals surface area (Å²) in [4.78, 5) is 11.6. The number of benzene rings is 1. The molecule has 0 aromatic heterocycles. The van der Waals surface area contributed by atoms with Gasteiger partial charge in [0.1, 0.15) is 5.92 Å². The first-order valence-corrected chi connectivity index (χ1v) is 5.33. The molecule has 1 N–H and O–H groups in total. The lowest BCUT2D eigenvalue weighted by molar-refractivity contribution is -0.130. The number of amides is 1. The number of rotatable bonds is 2. The zero-order chi connectivity index (χ0) is 11.6. The molecule has 0 heterocycles. The highest BCUT2D eigenvalue weighted by Gasteiger charge is 2.47. The van der Waals surface area contributed by atoms with Crippen LogP contribution >= 0.6 is 0 Å². The van der Waals surface area contributed by atoms with Crippen molar-refractivity contribution in [1.82, 2.24) is 0 Å². The van der Waals surface area contributed by atoms with Crippen LogP contribution in [0, 0.1) is 5.92 Å². The van der Waals surface area contributed by atoms with Crippen molar-refractivity contribution in [3.63, 3.8) is 0 Å². The number of carbonyl (C=O) groups is 1. The van der Waals surface area contributed by atoms with Crippen LogP contribution in [-0.4, -0.2) is 11.8 Å². The number of nitrogens with one attached hydrogen (secondary N) is 1. The van der Waals surface area contributed by atoms with E-state index < -0.39 is 17.7 Å². The molecule has 0 saturated heterocycles. The van der Waals surface area contributed by atoms with Gasteiger partial charge >= 0.3 is 0 Å². The lowest BCUT2D eigenvalue weighted by atomic mass is 10.0. The summed E-state index contributed by atoms with van der Waals surface area (Å²) < 4.78 is 26.6. The van der Waals surface area contributed by atoms with Gasteiger partial charge in [-0.25, -0.2) is 8.78 Å². The zero-order valence-corrected chi connectivity index (χ0v) is 8.75. The summed E-state index contributed by atoms with van der Waals surface area (Å²) >= 11 is 0. The van der Waals surface area contributed by atoms with Gasteiger partial charge in [0.2, 0.25) is 5.91 Å². The molecular formula is C12H13F2NO. The average molecular weight is 225 g/mol. The number of hydrogen-bond acceptors (Lipinski definition) is 1. The van der Waals surface area contributed by atoms with E-state index in [1.165, 1.54) is 0 Å². The number of alkyl halides is 2. The molecule has 86 valence electrons. The quantitative estimate of drug-likeness (QED) is 0.823. The molecule has 1 aromatic carbocycles. The van der Waals surface area contributed by atoms with E-state index >= 15 is 0 Å². The van der Waals surface area contributed by atoms with Crippen molar-refractivity contribution in [3.8, 4) is 0 Å². The molecule has 1 amide bonds. The number of anilines is 1. The zero-order valence-electron chi connectivity index (χ0n) is 8.75. The molecule has 0 bridgehead atoms. The molecule has 1 unspecified atom stereocenters. The van der Waals surface area contributed by atoms with Crippen LogP contribution in [0.1, 0.15) is 19.3 Å². The van der Waals surface area contributed by atoms with Crippen LogP contribution in [0.4, 0.5) is 14.5 Å². The third-order valence-corrected chi connectivity index (χ3v) is 2.87. The minimum atomic E-state index is -2.85. The fourth-order valence-electron chi connectivity index (χ4n) is 2.00. The lowest BCUT2D eigenvalue weighted by Gasteiger charge is -2.18. The maximum atomic E-state index is 13.3. The van der Waals surface area contributed by atoms with Crippen LogP contribution in [0.15, 0.2) is 30.3 Å². The molecule has 1 aliphatic rings. The fourth-order valence-corrected chi connectivity index (χ4v) is 2.00. The highest BCUT2D eigenvalue weighted by molar-refractivity contribution is 5.93. The monoisotopic (exact) mass is 225 g/mol. The predicted octanol–water partition coefficient (Wildman–Crippen LogP) is 3.06. The molecule has 0 aliphatic heterocycles. The molecule has 1 aliphatic carbocycles. The van der Waals surface area contributed by atoms with E-state index in [9.17, 15) is 13.6 Å². The largest absolute Gasteiger partial charge is 0.326 e. The van der Waals surface area contributed by atoms with Crippen molar-refractivity contribution in [3.05, 3.63) is 30.3 Å². The Morgan fingerprint density at radius 2 is 2.00 bits per heavy atom. The fraction of sp³-hybridized carbons (Fsp3) is 0.417. The first-order chi connectivity index (χ1) is 7.59. The third-order valence-electron chi connectivity index (χ3n) is 2.87. The van der Waals surface area contributed by atoms with E-state index in [2.05, 4.69) is 5.32 Å². The Hall–Kier alpha value is -1.45. The summed E-state index contributed by atoms with van der Waals surface area (Å²) in [6, 6.07) is 8.68. The first-order valence-electron chi connectivity index (χ1n) is 5.33. The van der Waals surface area contributed by atoms with Gasteiger partial charge in [0, 0.05) is 12.1 Å². The van der Waals surface area contributed by atoms with Crippen LogP contribution in [0.5, 0.6) is 0 Å². The van der Waals surface area contributed by atoms with Crippen LogP contribution in [-0.2, 0) is 4.79 Å². The van der Waals surface area contributed by atoms with E-state index in [1.807, 2.05) is 0 Å². The van der Waals surface area contributed by atoms with Gasteiger partial charge in [-0.1, -0.05) is 18.2 Å². The topological polar surface area (TPSA) is 29.1 Å². The molecule has 0 spiro atoms. The number of halogens is 2. The molecule has 1 atom stereocenters. The van der Waals surface area contributed by atoms with Crippen LogP contribution in [0.2, 0.25) is 0 Å². The lowest BCUT2D eigenvalue weighted by Crippen LogP contribution is -2.33. The molecule has 1 aromatic rings. The Bertz CT molecular complexity index is 378. The average Bonchev–Trinajstić information content (AvgIpc) is 2.59. The Balaban J connectivity index is 2.04. The maximum Gasteiger partial charge on any atom is 0.259 e. The van der Waals surface area contributed by atoms with Crippen molar-refractivity contribution >= 4 is 11.6 Å². The van der Waals surface area contributed by atoms with Gasteiger partial charge in [0.25, 0.3) is 5.92 Å². The summed E-state index contributed by atoms with van der Waals surface area (Å²) in [5, 5.41) is 2.52. The van der Waals surface area contributed by atoms with Crippen molar-refractivity contribution in [2.75, 3.05) is 5.32 Å². The number of hydrogen-bond donors (Lipinski definition) is 1. The normalized spacial score (nSPS) is 23.0. The third kappa shape index (κ3) is 2.21. The highest BCUT2D eigenvalue weighted by atomic mass is 19.3. The summed E-state index contributed by atoms with van der Waals surface area (Å²) in [7, 11) is 0. The highest BCUT2D eigenvalue weighted by Crippen LogP contribution is 2.40. The second kappa shape index (κ2) is 4.20. The molecule has 2 nitrogen and oxygen atoms in total. The minimum absolute atomic E-state index is 0.181. The van der Waals surface area contributed by atoms with Gasteiger partial charge in [-0.05, 0) is 25.0 Å². The van der Waals surface area contributed by atoms with Gasteiger partial charge < -0.3 is 5.32 Å². The summed E-state index contributed by atoms with van der Waals surface area (Å²) in [6.07, 6.45) is 0.505. The van der Waals surface area contributed by atoms with Crippen molar-refractivity contribution in [2.45, 2.75) is 25.2 Å². The summed E-state index contributed by atoms with van der Waals surface area (Å²) in [6.45, 7) is 0. The van der Waals surface area contributed by atoms with Gasteiger partial charge in [-0.2, -0.15) is 0 Å². The van der Waals surface area contributed by atoms with E-state index in [1.54, 1.807) is 30.3 Å². The van der Waals surface area contributed by atoms with Gasteiger partial charge in [-0.15, -0.1) is 0 Å². The van der Waals surface area contributed by atoms with E-state index in [0.717, 1.165) is 0 Å². The van der Waals surface area contributed by atoms with Gasteiger partial charge in [-0.3, -0.25) is 4.79 Å². The molecule has 4 heteroatoms. The second-order valence-electron chi connectivity index (χ2n) is 4.06. The molecule has 0 radical (unpaired) electrons. The van der Waals surface area contributed by atoms with Crippen molar-refractivity contribution < 1.29 is 13.6 Å². The maximum absolute atomic E-state index is 13.3. The number of carbonyl (C=O) groups excluding carboxylic acids is 1. The van der Waals surface area contributed by atoms with E-state index in [0.29, 0.717) is 12.1 Å². The molecule has 1 saturated carbocycles. The molecule has 16 heavy (non-hydrogen) atoms.